The van der Waals surface area contributed by atoms with Crippen molar-refractivity contribution in [1.29, 1.82) is 0 Å². The summed E-state index contributed by atoms with van der Waals surface area (Å²) in [7, 11) is 5.26. The molecule has 1 atom stereocenters. The number of rotatable bonds is 6. The molecule has 0 amide bonds. The summed E-state index contributed by atoms with van der Waals surface area (Å²) in [6.07, 6.45) is 0. The Bertz CT molecular complexity index is 713. The maximum Gasteiger partial charge on any atom is 0.191 e. The number of halogens is 3. The number of nitrogens with one attached hydrogen (secondary N) is 2. The molecule has 8 heteroatoms. The van der Waals surface area contributed by atoms with E-state index in [-0.39, 0.29) is 29.5 Å². The molecule has 0 aliphatic carbocycles. The van der Waals surface area contributed by atoms with Gasteiger partial charge < -0.3 is 15.5 Å². The van der Waals surface area contributed by atoms with Crippen molar-refractivity contribution in [2.24, 2.45) is 4.99 Å². The third-order valence-corrected chi connectivity index (χ3v) is 5.05. The van der Waals surface area contributed by atoms with Gasteiger partial charge in [0.1, 0.15) is 11.6 Å². The summed E-state index contributed by atoms with van der Waals surface area (Å²) < 4.78 is 28.2. The molecule has 144 valence electrons. The van der Waals surface area contributed by atoms with Gasteiger partial charge in [-0.2, -0.15) is 0 Å². The molecular formula is C18H25F2IN4S. The van der Waals surface area contributed by atoms with Gasteiger partial charge >= 0.3 is 0 Å². The molecule has 0 radical (unpaired) electrons. The second-order valence-electron chi connectivity index (χ2n) is 5.95. The second kappa shape index (κ2) is 10.8. The molecule has 2 aromatic rings. The minimum atomic E-state index is -0.544. The summed E-state index contributed by atoms with van der Waals surface area (Å²) in [5, 5.41) is 8.43. The van der Waals surface area contributed by atoms with E-state index >= 15 is 0 Å². The van der Waals surface area contributed by atoms with E-state index in [0.717, 1.165) is 0 Å². The van der Waals surface area contributed by atoms with Crippen LogP contribution in [0.15, 0.2) is 34.6 Å². The number of likely N-dealkylation sites (N-methyl/N-ethyl adjacent to an activating group) is 1. The van der Waals surface area contributed by atoms with E-state index in [1.165, 1.54) is 28.6 Å². The average molecular weight is 494 g/mol. The monoisotopic (exact) mass is 494 g/mol. The highest BCUT2D eigenvalue weighted by Gasteiger charge is 2.22. The van der Waals surface area contributed by atoms with E-state index in [2.05, 4.69) is 28.6 Å². The van der Waals surface area contributed by atoms with Crippen LogP contribution >= 0.6 is 35.3 Å². The molecule has 26 heavy (non-hydrogen) atoms. The van der Waals surface area contributed by atoms with Gasteiger partial charge in [-0.3, -0.25) is 4.99 Å². The first-order valence-corrected chi connectivity index (χ1v) is 8.89. The third kappa shape index (κ3) is 5.88. The number of hydrogen-bond acceptors (Lipinski definition) is 3. The van der Waals surface area contributed by atoms with Crippen LogP contribution < -0.4 is 10.6 Å². The van der Waals surface area contributed by atoms with Gasteiger partial charge in [-0.1, -0.05) is 6.07 Å². The predicted octanol–water partition coefficient (Wildman–Crippen LogP) is 3.92. The van der Waals surface area contributed by atoms with Crippen molar-refractivity contribution in [2.45, 2.75) is 19.5 Å². The quantitative estimate of drug-likeness (QED) is 0.364. The minimum absolute atomic E-state index is 0. The number of benzene rings is 1. The number of nitrogens with zero attached hydrogens (tertiary/aromatic N) is 2. The Kier molecular flexibility index (Phi) is 9.45. The zero-order chi connectivity index (χ0) is 18.4. The molecule has 0 aliphatic rings. The Morgan fingerprint density at radius 2 is 1.85 bits per heavy atom. The molecular weight excluding hydrogens is 469 g/mol. The Morgan fingerprint density at radius 1 is 1.19 bits per heavy atom. The second-order valence-corrected chi connectivity index (χ2v) is 6.95. The molecule has 0 aliphatic heterocycles. The summed E-state index contributed by atoms with van der Waals surface area (Å²) >= 11 is 1.68. The van der Waals surface area contributed by atoms with Crippen molar-refractivity contribution in [3.8, 4) is 0 Å². The standard InChI is InChI=1S/C18H24F2N4S.HI/c1-12-8-9-25-16(12)11-23-18(21-2)22-10-15(24(3)4)17-13(19)6-5-7-14(17)20;/h5-9,15H,10-11H2,1-4H3,(H2,21,22,23);1H. The molecule has 1 aromatic carbocycles. The van der Waals surface area contributed by atoms with Crippen LogP contribution in [-0.4, -0.2) is 38.5 Å². The highest BCUT2D eigenvalue weighted by Crippen LogP contribution is 2.23. The van der Waals surface area contributed by atoms with Crippen LogP contribution in [0.1, 0.15) is 22.0 Å². The van der Waals surface area contributed by atoms with Gasteiger partial charge in [-0.05, 0) is 50.2 Å². The van der Waals surface area contributed by atoms with Crippen molar-refractivity contribution in [3.63, 3.8) is 0 Å². The van der Waals surface area contributed by atoms with Crippen LogP contribution in [0.4, 0.5) is 8.78 Å². The number of aryl methyl sites for hydroxylation is 1. The third-order valence-electron chi connectivity index (χ3n) is 4.03. The van der Waals surface area contributed by atoms with Gasteiger partial charge in [0.15, 0.2) is 5.96 Å². The van der Waals surface area contributed by atoms with Crippen molar-refractivity contribution in [3.05, 3.63) is 57.3 Å². The molecule has 0 saturated heterocycles. The summed E-state index contributed by atoms with van der Waals surface area (Å²) in [4.78, 5) is 7.19. The summed E-state index contributed by atoms with van der Waals surface area (Å²) in [6.45, 7) is 3.05. The van der Waals surface area contributed by atoms with Gasteiger partial charge in [0.2, 0.25) is 0 Å². The Labute approximate surface area is 174 Å². The largest absolute Gasteiger partial charge is 0.354 e. The normalized spacial score (nSPS) is 12.7. The molecule has 4 nitrogen and oxygen atoms in total. The predicted molar refractivity (Wildman–Crippen MR) is 115 cm³/mol. The van der Waals surface area contributed by atoms with Crippen LogP contribution in [0, 0.1) is 18.6 Å². The van der Waals surface area contributed by atoms with Gasteiger partial charge in [0, 0.05) is 24.0 Å². The smallest absolute Gasteiger partial charge is 0.191 e. The van der Waals surface area contributed by atoms with Crippen molar-refractivity contribution < 1.29 is 8.78 Å². The van der Waals surface area contributed by atoms with E-state index in [1.807, 2.05) is 5.38 Å². The van der Waals surface area contributed by atoms with E-state index in [4.69, 9.17) is 0 Å². The average Bonchev–Trinajstić information content (AvgIpc) is 2.97. The zero-order valence-electron chi connectivity index (χ0n) is 15.3. The molecule has 1 aromatic heterocycles. The first-order valence-electron chi connectivity index (χ1n) is 8.01. The van der Waals surface area contributed by atoms with E-state index < -0.39 is 17.7 Å². The van der Waals surface area contributed by atoms with Crippen LogP contribution in [0.5, 0.6) is 0 Å². The Balaban J connectivity index is 0.00000338. The van der Waals surface area contributed by atoms with E-state index in [1.54, 1.807) is 37.4 Å². The van der Waals surface area contributed by atoms with E-state index in [0.29, 0.717) is 19.0 Å². The zero-order valence-corrected chi connectivity index (χ0v) is 18.5. The molecule has 0 bridgehead atoms. The van der Waals surface area contributed by atoms with Crippen LogP contribution in [0.2, 0.25) is 0 Å². The fourth-order valence-corrected chi connectivity index (χ4v) is 3.38. The van der Waals surface area contributed by atoms with Crippen molar-refractivity contribution >= 4 is 41.3 Å². The highest BCUT2D eigenvalue weighted by atomic mass is 127. The van der Waals surface area contributed by atoms with Crippen molar-refractivity contribution in [2.75, 3.05) is 27.7 Å². The molecule has 1 unspecified atom stereocenters. The van der Waals surface area contributed by atoms with Crippen LogP contribution in [0.25, 0.3) is 0 Å². The molecule has 0 saturated carbocycles. The minimum Gasteiger partial charge on any atom is -0.354 e. The maximum atomic E-state index is 14.1. The summed E-state index contributed by atoms with van der Waals surface area (Å²) in [5.41, 5.74) is 1.29. The maximum absolute atomic E-state index is 14.1. The lowest BCUT2D eigenvalue weighted by Gasteiger charge is -2.26. The lowest BCUT2D eigenvalue weighted by Crippen LogP contribution is -2.41. The van der Waals surface area contributed by atoms with Crippen LogP contribution in [-0.2, 0) is 6.54 Å². The van der Waals surface area contributed by atoms with Gasteiger partial charge in [-0.15, -0.1) is 35.3 Å². The van der Waals surface area contributed by atoms with Crippen molar-refractivity contribution in [1.82, 2.24) is 15.5 Å². The Hall–Kier alpha value is -1.26. The molecule has 2 rings (SSSR count). The number of guanidine groups is 1. The fraction of sp³-hybridized carbons (Fsp3) is 0.389. The fourth-order valence-electron chi connectivity index (χ4n) is 2.54. The van der Waals surface area contributed by atoms with Crippen LogP contribution in [0.3, 0.4) is 0 Å². The molecule has 2 N–H and O–H groups in total. The topological polar surface area (TPSA) is 39.7 Å². The molecule has 0 fully saturated rings. The molecule has 0 spiro atoms. The first kappa shape index (κ1) is 22.8. The highest BCUT2D eigenvalue weighted by molar-refractivity contribution is 14.0. The molecule has 1 heterocycles. The number of thiophene rings is 1. The first-order chi connectivity index (χ1) is 11.9. The van der Waals surface area contributed by atoms with E-state index in [9.17, 15) is 8.78 Å². The lowest BCUT2D eigenvalue weighted by molar-refractivity contribution is 0.282. The lowest BCUT2D eigenvalue weighted by atomic mass is 10.0. The SMILES string of the molecule is CN=C(NCc1sccc1C)NCC(c1c(F)cccc1F)N(C)C.I. The summed E-state index contributed by atoms with van der Waals surface area (Å²) in [5.74, 6) is -0.494. The van der Waals surface area contributed by atoms with Gasteiger partial charge in [0.05, 0.1) is 12.6 Å². The summed E-state index contributed by atoms with van der Waals surface area (Å²) in [6, 6.07) is 5.55. The van der Waals surface area contributed by atoms with Gasteiger partial charge in [-0.25, -0.2) is 8.78 Å². The van der Waals surface area contributed by atoms with Gasteiger partial charge in [0.25, 0.3) is 0 Å². The Morgan fingerprint density at radius 3 is 2.35 bits per heavy atom. The number of aliphatic imine (C=N–C) groups is 1. The number of hydrogen-bond donors (Lipinski definition) is 2.